The smallest absolute Gasteiger partial charge is 0.454 e. The lowest BCUT2D eigenvalue weighted by atomic mass is 9.73. The normalized spacial score (nSPS) is 21.9. The van der Waals surface area contributed by atoms with E-state index in [1.807, 2.05) is 12.1 Å². The molecule has 1 unspecified atom stereocenters. The van der Waals surface area contributed by atoms with Crippen molar-refractivity contribution in [2.45, 2.75) is 12.3 Å². The van der Waals surface area contributed by atoms with Crippen molar-refractivity contribution in [1.29, 1.82) is 0 Å². The van der Waals surface area contributed by atoms with Crippen LogP contribution in [0.25, 0.3) is 0 Å². The molecule has 2 aliphatic rings. The highest BCUT2D eigenvalue weighted by atomic mass is 16.7. The summed E-state index contributed by atoms with van der Waals surface area (Å²) in [4.78, 5) is 0. The minimum atomic E-state index is -1.53. The van der Waals surface area contributed by atoms with Crippen LogP contribution in [0, 0.1) is 0 Å². The van der Waals surface area contributed by atoms with Gasteiger partial charge in [-0.1, -0.05) is 6.07 Å². The molecule has 0 amide bonds. The number of benzene rings is 1. The minimum absolute atomic E-state index is 0.140. The highest BCUT2D eigenvalue weighted by Crippen LogP contribution is 2.34. The molecule has 17 heavy (non-hydrogen) atoms. The number of rotatable bonds is 2. The molecular formula is C11H14BNO4. The van der Waals surface area contributed by atoms with Crippen LogP contribution in [0.15, 0.2) is 12.1 Å². The van der Waals surface area contributed by atoms with Crippen molar-refractivity contribution in [3.63, 3.8) is 0 Å². The van der Waals surface area contributed by atoms with E-state index < -0.39 is 7.12 Å². The first-order chi connectivity index (χ1) is 8.27. The Morgan fingerprint density at radius 2 is 2.18 bits per heavy atom. The lowest BCUT2D eigenvalue weighted by Gasteiger charge is -2.16. The molecule has 0 radical (unpaired) electrons. The van der Waals surface area contributed by atoms with Crippen LogP contribution < -0.4 is 20.3 Å². The summed E-state index contributed by atoms with van der Waals surface area (Å²) in [6.45, 7) is 1.96. The molecule has 6 heteroatoms. The molecule has 1 aromatic rings. The van der Waals surface area contributed by atoms with Crippen LogP contribution in [0.3, 0.4) is 0 Å². The van der Waals surface area contributed by atoms with E-state index >= 15 is 0 Å². The summed E-state index contributed by atoms with van der Waals surface area (Å²) >= 11 is 0. The van der Waals surface area contributed by atoms with Crippen LogP contribution in [0.1, 0.15) is 17.9 Å². The Labute approximate surface area is 99.5 Å². The summed E-state index contributed by atoms with van der Waals surface area (Å²) in [5.41, 5.74) is 1.39. The molecule has 2 heterocycles. The van der Waals surface area contributed by atoms with E-state index in [1.165, 1.54) is 0 Å². The molecule has 90 valence electrons. The summed E-state index contributed by atoms with van der Waals surface area (Å²) < 4.78 is 10.6. The summed E-state index contributed by atoms with van der Waals surface area (Å²) in [5.74, 6) is 1.37. The molecular weight excluding hydrogens is 221 g/mol. The SMILES string of the molecule is OB(O)c1c(C2CCNC2)ccc2c1OCO2. The molecule has 0 saturated carbocycles. The second-order valence-electron chi connectivity index (χ2n) is 4.37. The monoisotopic (exact) mass is 235 g/mol. The number of ether oxygens (including phenoxy) is 2. The highest BCUT2D eigenvalue weighted by Gasteiger charge is 2.31. The zero-order valence-electron chi connectivity index (χ0n) is 9.35. The number of hydrogen-bond donors (Lipinski definition) is 3. The lowest BCUT2D eigenvalue weighted by Crippen LogP contribution is -2.35. The molecule has 2 aliphatic heterocycles. The third-order valence-corrected chi connectivity index (χ3v) is 3.37. The van der Waals surface area contributed by atoms with Gasteiger partial charge in [0.1, 0.15) is 0 Å². The van der Waals surface area contributed by atoms with Crippen molar-refractivity contribution in [3.8, 4) is 11.5 Å². The molecule has 0 aromatic heterocycles. The maximum atomic E-state index is 9.53. The fourth-order valence-electron chi connectivity index (χ4n) is 2.55. The first kappa shape index (κ1) is 10.9. The Kier molecular flexibility index (Phi) is 2.70. The molecule has 0 bridgehead atoms. The van der Waals surface area contributed by atoms with E-state index in [1.54, 1.807) is 0 Å². The molecule has 5 nitrogen and oxygen atoms in total. The van der Waals surface area contributed by atoms with Crippen molar-refractivity contribution in [3.05, 3.63) is 17.7 Å². The molecule has 1 fully saturated rings. The average molecular weight is 235 g/mol. The van der Waals surface area contributed by atoms with Gasteiger partial charge in [-0.05, 0) is 30.5 Å². The van der Waals surface area contributed by atoms with Crippen LogP contribution in [0.5, 0.6) is 11.5 Å². The molecule has 1 atom stereocenters. The van der Waals surface area contributed by atoms with Gasteiger partial charge in [0.05, 0.1) is 0 Å². The highest BCUT2D eigenvalue weighted by molar-refractivity contribution is 6.60. The van der Waals surface area contributed by atoms with Gasteiger partial charge in [0.15, 0.2) is 11.5 Å². The van der Waals surface area contributed by atoms with Crippen LogP contribution in [-0.2, 0) is 0 Å². The molecule has 0 aliphatic carbocycles. The third kappa shape index (κ3) is 1.78. The second kappa shape index (κ2) is 4.21. The molecule has 1 saturated heterocycles. The Balaban J connectivity index is 2.08. The molecule has 3 N–H and O–H groups in total. The topological polar surface area (TPSA) is 71.0 Å². The van der Waals surface area contributed by atoms with Crippen molar-refractivity contribution in [2.75, 3.05) is 19.9 Å². The largest absolute Gasteiger partial charge is 0.492 e. The number of nitrogens with one attached hydrogen (secondary N) is 1. The Hall–Kier alpha value is -1.24. The van der Waals surface area contributed by atoms with Gasteiger partial charge in [-0.25, -0.2) is 0 Å². The molecule has 3 rings (SSSR count). The van der Waals surface area contributed by atoms with Gasteiger partial charge in [0, 0.05) is 12.0 Å². The summed E-state index contributed by atoms with van der Waals surface area (Å²) in [6.07, 6.45) is 0.999. The Morgan fingerprint density at radius 3 is 2.88 bits per heavy atom. The van der Waals surface area contributed by atoms with E-state index in [0.717, 1.165) is 25.1 Å². The zero-order chi connectivity index (χ0) is 11.8. The summed E-state index contributed by atoms with van der Waals surface area (Å²) in [7, 11) is -1.53. The van der Waals surface area contributed by atoms with Gasteiger partial charge in [-0.2, -0.15) is 0 Å². The first-order valence-corrected chi connectivity index (χ1v) is 5.76. The quantitative estimate of drug-likeness (QED) is 0.584. The fourth-order valence-corrected chi connectivity index (χ4v) is 2.55. The fraction of sp³-hybridized carbons (Fsp3) is 0.455. The van der Waals surface area contributed by atoms with E-state index in [0.29, 0.717) is 22.9 Å². The van der Waals surface area contributed by atoms with E-state index in [2.05, 4.69) is 5.32 Å². The van der Waals surface area contributed by atoms with Crippen LogP contribution in [0.2, 0.25) is 0 Å². The zero-order valence-corrected chi connectivity index (χ0v) is 9.35. The van der Waals surface area contributed by atoms with Crippen molar-refractivity contribution in [2.24, 2.45) is 0 Å². The second-order valence-corrected chi connectivity index (χ2v) is 4.37. The number of hydrogen-bond acceptors (Lipinski definition) is 5. The minimum Gasteiger partial charge on any atom is -0.454 e. The third-order valence-electron chi connectivity index (χ3n) is 3.37. The van der Waals surface area contributed by atoms with E-state index in [9.17, 15) is 10.0 Å². The van der Waals surface area contributed by atoms with Gasteiger partial charge in [0.2, 0.25) is 6.79 Å². The van der Waals surface area contributed by atoms with Gasteiger partial charge in [-0.15, -0.1) is 0 Å². The van der Waals surface area contributed by atoms with Crippen LogP contribution >= 0.6 is 0 Å². The predicted octanol–water partition coefficient (Wildman–Crippen LogP) is -0.828. The Bertz CT molecular complexity index is 432. The first-order valence-electron chi connectivity index (χ1n) is 5.76. The lowest BCUT2D eigenvalue weighted by molar-refractivity contribution is 0.174. The van der Waals surface area contributed by atoms with Gasteiger partial charge in [-0.3, -0.25) is 0 Å². The van der Waals surface area contributed by atoms with Gasteiger partial charge in [0.25, 0.3) is 0 Å². The molecule has 1 aromatic carbocycles. The summed E-state index contributed by atoms with van der Waals surface area (Å²) in [6, 6.07) is 3.74. The Morgan fingerprint density at radius 1 is 1.29 bits per heavy atom. The van der Waals surface area contributed by atoms with E-state index in [4.69, 9.17) is 9.47 Å². The standard InChI is InChI=1S/C11H14BNO4/c14-12(15)10-8(7-3-4-13-5-7)1-2-9-11(10)17-6-16-9/h1-2,7,13-15H,3-6H2. The van der Waals surface area contributed by atoms with Crippen LogP contribution in [0.4, 0.5) is 0 Å². The van der Waals surface area contributed by atoms with Crippen LogP contribution in [-0.4, -0.2) is 37.0 Å². The predicted molar refractivity (Wildman–Crippen MR) is 62.6 cm³/mol. The maximum Gasteiger partial charge on any atom is 0.492 e. The van der Waals surface area contributed by atoms with E-state index in [-0.39, 0.29) is 6.79 Å². The average Bonchev–Trinajstić information content (AvgIpc) is 2.98. The van der Waals surface area contributed by atoms with Gasteiger partial charge >= 0.3 is 7.12 Å². The maximum absolute atomic E-state index is 9.53. The van der Waals surface area contributed by atoms with Crippen molar-refractivity contribution in [1.82, 2.24) is 5.32 Å². The van der Waals surface area contributed by atoms with Gasteiger partial charge < -0.3 is 24.8 Å². The van der Waals surface area contributed by atoms with Crippen molar-refractivity contribution < 1.29 is 19.5 Å². The van der Waals surface area contributed by atoms with Crippen molar-refractivity contribution >= 4 is 12.6 Å². The number of fused-ring (bicyclic) bond motifs is 1. The molecule has 0 spiro atoms. The summed E-state index contributed by atoms with van der Waals surface area (Å²) in [5, 5.41) is 22.3.